The Hall–Kier alpha value is -2.47. The number of rotatable bonds is 3. The second-order valence-electron chi connectivity index (χ2n) is 4.22. The van der Waals surface area contributed by atoms with Crippen LogP contribution in [0.5, 0.6) is 0 Å². The van der Waals surface area contributed by atoms with Crippen LogP contribution in [0.25, 0.3) is 11.0 Å². The van der Waals surface area contributed by atoms with Gasteiger partial charge in [0.25, 0.3) is 0 Å². The topological polar surface area (TPSA) is 92.0 Å². The van der Waals surface area contributed by atoms with Crippen molar-refractivity contribution in [2.45, 2.75) is 10.1 Å². The molecule has 0 amide bonds. The number of para-hydroxylation sites is 2. The van der Waals surface area contributed by atoms with Gasteiger partial charge >= 0.3 is 5.97 Å². The number of fused-ring (bicyclic) bond motifs is 1. The molecule has 3 rings (SSSR count). The van der Waals surface area contributed by atoms with Crippen LogP contribution in [-0.4, -0.2) is 21.0 Å². The van der Waals surface area contributed by atoms with E-state index in [1.807, 2.05) is 24.3 Å². The van der Waals surface area contributed by atoms with E-state index in [1.54, 1.807) is 12.1 Å². The molecule has 0 atom stereocenters. The number of hydrogen-bond donors (Lipinski definition) is 3. The van der Waals surface area contributed by atoms with Crippen LogP contribution in [0.1, 0.15) is 10.4 Å². The zero-order valence-corrected chi connectivity index (χ0v) is 11.1. The molecule has 0 aliphatic rings. The van der Waals surface area contributed by atoms with Crippen LogP contribution >= 0.6 is 11.8 Å². The number of benzene rings is 2. The van der Waals surface area contributed by atoms with E-state index in [0.717, 1.165) is 21.1 Å². The summed E-state index contributed by atoms with van der Waals surface area (Å²) in [6.45, 7) is 0. The minimum Gasteiger partial charge on any atom is -0.478 e. The van der Waals surface area contributed by atoms with Gasteiger partial charge in [-0.15, -0.1) is 0 Å². The maximum absolute atomic E-state index is 10.9. The summed E-state index contributed by atoms with van der Waals surface area (Å²) in [4.78, 5) is 19.4. The van der Waals surface area contributed by atoms with Gasteiger partial charge < -0.3 is 15.8 Å². The molecule has 0 aliphatic heterocycles. The number of carboxylic acid groups (broad SMARTS) is 1. The zero-order chi connectivity index (χ0) is 14.1. The number of nitrogens with one attached hydrogen (secondary N) is 1. The number of nitrogen functional groups attached to an aromatic ring is 1. The van der Waals surface area contributed by atoms with Gasteiger partial charge in [0.15, 0.2) is 5.16 Å². The Bertz CT molecular complexity index is 765. The van der Waals surface area contributed by atoms with E-state index in [1.165, 1.54) is 17.8 Å². The predicted molar refractivity (Wildman–Crippen MR) is 78.0 cm³/mol. The second kappa shape index (κ2) is 4.90. The first-order chi connectivity index (χ1) is 9.63. The van der Waals surface area contributed by atoms with E-state index >= 15 is 0 Å². The molecular weight excluding hydrogens is 274 g/mol. The fourth-order valence-electron chi connectivity index (χ4n) is 1.89. The Labute approximate surface area is 118 Å². The molecule has 0 radical (unpaired) electrons. The number of aromatic nitrogens is 2. The molecule has 0 saturated carbocycles. The third-order valence-electron chi connectivity index (χ3n) is 2.84. The first kappa shape index (κ1) is 12.6. The summed E-state index contributed by atoms with van der Waals surface area (Å²) >= 11 is 1.41. The van der Waals surface area contributed by atoms with Crippen molar-refractivity contribution >= 4 is 34.5 Å². The Balaban J connectivity index is 1.90. The molecule has 5 nitrogen and oxygen atoms in total. The van der Waals surface area contributed by atoms with Crippen molar-refractivity contribution in [3.05, 3.63) is 48.0 Å². The van der Waals surface area contributed by atoms with Gasteiger partial charge in [0, 0.05) is 10.6 Å². The molecule has 2 aromatic carbocycles. The third kappa shape index (κ3) is 2.33. The average Bonchev–Trinajstić information content (AvgIpc) is 2.80. The van der Waals surface area contributed by atoms with Crippen molar-refractivity contribution < 1.29 is 9.90 Å². The number of hydrogen-bond acceptors (Lipinski definition) is 4. The highest BCUT2D eigenvalue weighted by atomic mass is 32.2. The van der Waals surface area contributed by atoms with Crippen molar-refractivity contribution in [1.29, 1.82) is 0 Å². The second-order valence-corrected chi connectivity index (χ2v) is 5.28. The SMILES string of the molecule is Nc1cc(Sc2nc3ccccc3[nH]2)ccc1C(=O)O. The number of imidazole rings is 1. The van der Waals surface area contributed by atoms with Crippen LogP contribution in [0.15, 0.2) is 52.5 Å². The number of aromatic carboxylic acids is 1. The van der Waals surface area contributed by atoms with Gasteiger partial charge in [0.2, 0.25) is 0 Å². The molecule has 3 aromatic rings. The summed E-state index contributed by atoms with van der Waals surface area (Å²) in [5, 5.41) is 9.68. The highest BCUT2D eigenvalue weighted by Gasteiger charge is 2.10. The molecule has 20 heavy (non-hydrogen) atoms. The number of anilines is 1. The monoisotopic (exact) mass is 285 g/mol. The maximum atomic E-state index is 10.9. The highest BCUT2D eigenvalue weighted by Crippen LogP contribution is 2.29. The summed E-state index contributed by atoms with van der Waals surface area (Å²) in [7, 11) is 0. The Morgan fingerprint density at radius 2 is 2.05 bits per heavy atom. The lowest BCUT2D eigenvalue weighted by atomic mass is 10.2. The first-order valence-corrected chi connectivity index (χ1v) is 6.70. The minimum atomic E-state index is -1.03. The van der Waals surface area contributed by atoms with Crippen LogP contribution < -0.4 is 5.73 Å². The lowest BCUT2D eigenvalue weighted by molar-refractivity contribution is 0.0698. The molecule has 0 bridgehead atoms. The van der Waals surface area contributed by atoms with Gasteiger partial charge in [-0.1, -0.05) is 23.9 Å². The number of carbonyl (C=O) groups is 1. The Kier molecular flexibility index (Phi) is 3.08. The molecule has 1 aromatic heterocycles. The third-order valence-corrected chi connectivity index (χ3v) is 3.71. The standard InChI is InChI=1S/C14H11N3O2S/c15-10-7-8(5-6-9(10)13(18)19)20-14-16-11-3-1-2-4-12(11)17-14/h1-7H,15H2,(H,16,17)(H,18,19). The number of H-pyrrole nitrogens is 1. The summed E-state index contributed by atoms with van der Waals surface area (Å²) in [5.41, 5.74) is 7.94. The van der Waals surface area contributed by atoms with Crippen molar-refractivity contribution in [2.75, 3.05) is 5.73 Å². The van der Waals surface area contributed by atoms with Crippen molar-refractivity contribution in [1.82, 2.24) is 9.97 Å². The van der Waals surface area contributed by atoms with E-state index in [0.29, 0.717) is 0 Å². The summed E-state index contributed by atoms with van der Waals surface area (Å²) in [6, 6.07) is 12.6. The maximum Gasteiger partial charge on any atom is 0.337 e. The average molecular weight is 285 g/mol. The van der Waals surface area contributed by atoms with Crippen molar-refractivity contribution in [2.24, 2.45) is 0 Å². The van der Waals surface area contributed by atoms with Gasteiger partial charge in [-0.3, -0.25) is 0 Å². The van der Waals surface area contributed by atoms with E-state index in [-0.39, 0.29) is 11.3 Å². The van der Waals surface area contributed by atoms with Crippen LogP contribution in [0.2, 0.25) is 0 Å². The molecule has 0 spiro atoms. The zero-order valence-electron chi connectivity index (χ0n) is 10.3. The van der Waals surface area contributed by atoms with Crippen LogP contribution in [0.3, 0.4) is 0 Å². The summed E-state index contributed by atoms with van der Waals surface area (Å²) in [6.07, 6.45) is 0. The fourth-order valence-corrected chi connectivity index (χ4v) is 2.74. The molecule has 100 valence electrons. The molecule has 0 fully saturated rings. The first-order valence-electron chi connectivity index (χ1n) is 5.89. The molecule has 6 heteroatoms. The molecule has 1 heterocycles. The minimum absolute atomic E-state index is 0.110. The molecule has 0 unspecified atom stereocenters. The lowest BCUT2D eigenvalue weighted by Gasteiger charge is -2.03. The number of nitrogens with two attached hydrogens (primary N) is 1. The molecule has 4 N–H and O–H groups in total. The molecule has 0 saturated heterocycles. The Morgan fingerprint density at radius 3 is 2.75 bits per heavy atom. The van der Waals surface area contributed by atoms with E-state index in [4.69, 9.17) is 10.8 Å². The molecule has 0 aliphatic carbocycles. The van der Waals surface area contributed by atoms with E-state index in [2.05, 4.69) is 9.97 Å². The predicted octanol–water partition coefficient (Wildman–Crippen LogP) is 2.99. The number of aromatic amines is 1. The van der Waals surface area contributed by atoms with Crippen LogP contribution in [0, 0.1) is 0 Å². The lowest BCUT2D eigenvalue weighted by Crippen LogP contribution is -2.01. The molecular formula is C14H11N3O2S. The van der Waals surface area contributed by atoms with Crippen LogP contribution in [0.4, 0.5) is 5.69 Å². The van der Waals surface area contributed by atoms with Crippen LogP contribution in [-0.2, 0) is 0 Å². The Morgan fingerprint density at radius 1 is 1.25 bits per heavy atom. The number of nitrogens with zero attached hydrogens (tertiary/aromatic N) is 1. The summed E-state index contributed by atoms with van der Waals surface area (Å²) in [5.74, 6) is -1.03. The van der Waals surface area contributed by atoms with Crippen molar-refractivity contribution in [3.63, 3.8) is 0 Å². The summed E-state index contributed by atoms with van der Waals surface area (Å²) < 4.78 is 0. The van der Waals surface area contributed by atoms with Crippen molar-refractivity contribution in [3.8, 4) is 0 Å². The quantitative estimate of drug-likeness (QED) is 0.643. The van der Waals surface area contributed by atoms with E-state index < -0.39 is 5.97 Å². The highest BCUT2D eigenvalue weighted by molar-refractivity contribution is 7.99. The van der Waals surface area contributed by atoms with E-state index in [9.17, 15) is 4.79 Å². The fraction of sp³-hybridized carbons (Fsp3) is 0. The van der Waals surface area contributed by atoms with Gasteiger partial charge in [-0.2, -0.15) is 0 Å². The normalized spacial score (nSPS) is 10.8. The largest absolute Gasteiger partial charge is 0.478 e. The number of carboxylic acids is 1. The smallest absolute Gasteiger partial charge is 0.337 e. The van der Waals surface area contributed by atoms with Gasteiger partial charge in [0.05, 0.1) is 16.6 Å². The van der Waals surface area contributed by atoms with Gasteiger partial charge in [-0.05, 0) is 30.3 Å². The van der Waals surface area contributed by atoms with Gasteiger partial charge in [-0.25, -0.2) is 9.78 Å². The van der Waals surface area contributed by atoms with Gasteiger partial charge in [0.1, 0.15) is 0 Å².